The summed E-state index contributed by atoms with van der Waals surface area (Å²) in [5, 5.41) is 6.52. The van der Waals surface area contributed by atoms with Crippen LogP contribution in [-0.4, -0.2) is 20.6 Å². The molecule has 2 N–H and O–H groups in total. The summed E-state index contributed by atoms with van der Waals surface area (Å²) in [5.41, 5.74) is 0. The third-order valence-electron chi connectivity index (χ3n) is 2.21. The molecular formula is C10H17BrN2S. The van der Waals surface area contributed by atoms with Crippen LogP contribution in [0.3, 0.4) is 0 Å². The average Bonchev–Trinajstić information content (AvgIpc) is 2.60. The van der Waals surface area contributed by atoms with Crippen LogP contribution in [0, 0.1) is 0 Å². The molecule has 1 aromatic rings. The van der Waals surface area contributed by atoms with Crippen LogP contribution < -0.4 is 10.6 Å². The Morgan fingerprint density at radius 2 is 2.21 bits per heavy atom. The van der Waals surface area contributed by atoms with E-state index in [1.807, 2.05) is 25.4 Å². The standard InChI is InChI=1S/C10H17BrN2S/c1-12-7-3-4-8(13-2)9-5-6-10(11)14-9/h5-6,8,12-13H,3-4,7H2,1-2H3. The van der Waals surface area contributed by atoms with Crippen molar-refractivity contribution in [2.75, 3.05) is 20.6 Å². The van der Waals surface area contributed by atoms with Gasteiger partial charge in [-0.2, -0.15) is 0 Å². The Morgan fingerprint density at radius 3 is 2.71 bits per heavy atom. The minimum absolute atomic E-state index is 0.500. The number of thiophene rings is 1. The van der Waals surface area contributed by atoms with E-state index in [1.54, 1.807) is 0 Å². The maximum absolute atomic E-state index is 3.49. The van der Waals surface area contributed by atoms with Gasteiger partial charge in [0.05, 0.1) is 3.79 Å². The first-order valence-corrected chi connectivity index (χ1v) is 6.46. The zero-order chi connectivity index (χ0) is 10.4. The topological polar surface area (TPSA) is 24.1 Å². The van der Waals surface area contributed by atoms with Crippen LogP contribution in [0.4, 0.5) is 0 Å². The van der Waals surface area contributed by atoms with Gasteiger partial charge in [0.1, 0.15) is 0 Å². The van der Waals surface area contributed by atoms with Gasteiger partial charge >= 0.3 is 0 Å². The highest BCUT2D eigenvalue weighted by molar-refractivity contribution is 9.11. The molecule has 0 aliphatic rings. The zero-order valence-corrected chi connectivity index (χ0v) is 11.0. The molecule has 0 fully saturated rings. The first-order chi connectivity index (χ1) is 6.77. The number of nitrogens with one attached hydrogen (secondary N) is 2. The van der Waals surface area contributed by atoms with Crippen molar-refractivity contribution in [3.8, 4) is 0 Å². The first-order valence-electron chi connectivity index (χ1n) is 4.85. The summed E-state index contributed by atoms with van der Waals surface area (Å²) >= 11 is 5.30. The van der Waals surface area contributed by atoms with Crippen molar-refractivity contribution in [2.45, 2.75) is 18.9 Å². The van der Waals surface area contributed by atoms with E-state index >= 15 is 0 Å². The summed E-state index contributed by atoms with van der Waals surface area (Å²) in [7, 11) is 4.02. The molecule has 0 saturated heterocycles. The van der Waals surface area contributed by atoms with Crippen molar-refractivity contribution < 1.29 is 0 Å². The minimum atomic E-state index is 0.500. The number of hydrogen-bond donors (Lipinski definition) is 2. The fraction of sp³-hybridized carbons (Fsp3) is 0.600. The third kappa shape index (κ3) is 3.69. The lowest BCUT2D eigenvalue weighted by Gasteiger charge is -2.13. The normalized spacial score (nSPS) is 13.1. The molecule has 1 aromatic heterocycles. The van der Waals surface area contributed by atoms with E-state index in [-0.39, 0.29) is 0 Å². The predicted molar refractivity (Wildman–Crippen MR) is 67.0 cm³/mol. The second kappa shape index (κ2) is 6.56. The van der Waals surface area contributed by atoms with E-state index in [4.69, 9.17) is 0 Å². The lowest BCUT2D eigenvalue weighted by molar-refractivity contribution is 0.525. The van der Waals surface area contributed by atoms with E-state index < -0.39 is 0 Å². The molecule has 2 nitrogen and oxygen atoms in total. The largest absolute Gasteiger partial charge is 0.320 e. The van der Waals surface area contributed by atoms with Crippen molar-refractivity contribution in [3.05, 3.63) is 20.8 Å². The maximum atomic E-state index is 3.49. The number of rotatable bonds is 6. The Hall–Kier alpha value is 0.1000. The highest BCUT2D eigenvalue weighted by atomic mass is 79.9. The second-order valence-corrected chi connectivity index (χ2v) is 5.72. The molecule has 1 unspecified atom stereocenters. The Balaban J connectivity index is 2.45. The lowest BCUT2D eigenvalue weighted by Crippen LogP contribution is -2.17. The van der Waals surface area contributed by atoms with Gasteiger partial charge in [-0.25, -0.2) is 0 Å². The lowest BCUT2D eigenvalue weighted by atomic mass is 10.1. The van der Waals surface area contributed by atoms with Crippen LogP contribution in [0.1, 0.15) is 23.8 Å². The molecule has 80 valence electrons. The molecule has 0 aromatic carbocycles. The quantitative estimate of drug-likeness (QED) is 0.781. The Labute approximate surface area is 98.2 Å². The molecule has 0 aliphatic carbocycles. The Kier molecular flexibility index (Phi) is 5.70. The molecule has 1 heterocycles. The molecule has 0 spiro atoms. The van der Waals surface area contributed by atoms with Crippen LogP contribution in [-0.2, 0) is 0 Å². The van der Waals surface area contributed by atoms with Crippen molar-refractivity contribution >= 4 is 27.3 Å². The molecule has 14 heavy (non-hydrogen) atoms. The molecule has 0 bridgehead atoms. The molecule has 1 atom stereocenters. The van der Waals surface area contributed by atoms with E-state index in [1.165, 1.54) is 21.5 Å². The molecule has 0 amide bonds. The average molecular weight is 277 g/mol. The Morgan fingerprint density at radius 1 is 1.43 bits per heavy atom. The first kappa shape index (κ1) is 12.2. The maximum Gasteiger partial charge on any atom is 0.0701 e. The smallest absolute Gasteiger partial charge is 0.0701 e. The summed E-state index contributed by atoms with van der Waals surface area (Å²) in [6.07, 6.45) is 2.39. The van der Waals surface area contributed by atoms with Gasteiger partial charge in [0, 0.05) is 10.9 Å². The molecule has 4 heteroatoms. The van der Waals surface area contributed by atoms with Crippen LogP contribution in [0.25, 0.3) is 0 Å². The third-order valence-corrected chi connectivity index (χ3v) is 3.94. The van der Waals surface area contributed by atoms with Crippen LogP contribution in [0.15, 0.2) is 15.9 Å². The van der Waals surface area contributed by atoms with Crippen LogP contribution in [0.5, 0.6) is 0 Å². The molecular weight excluding hydrogens is 260 g/mol. The fourth-order valence-corrected chi connectivity index (χ4v) is 3.00. The molecule has 0 radical (unpaired) electrons. The molecule has 0 aliphatic heterocycles. The predicted octanol–water partition coefficient (Wildman–Crippen LogP) is 2.77. The van der Waals surface area contributed by atoms with Crippen LogP contribution in [0.2, 0.25) is 0 Å². The van der Waals surface area contributed by atoms with Crippen molar-refractivity contribution in [3.63, 3.8) is 0 Å². The summed E-state index contributed by atoms with van der Waals surface area (Å²) in [6.45, 7) is 1.09. The van der Waals surface area contributed by atoms with E-state index in [0.717, 1.165) is 6.54 Å². The van der Waals surface area contributed by atoms with E-state index in [0.29, 0.717) is 6.04 Å². The molecule has 0 saturated carbocycles. The van der Waals surface area contributed by atoms with Crippen molar-refractivity contribution in [1.82, 2.24) is 10.6 Å². The highest BCUT2D eigenvalue weighted by Crippen LogP contribution is 2.29. The Bertz CT molecular complexity index is 262. The molecule has 1 rings (SSSR count). The van der Waals surface area contributed by atoms with Gasteiger partial charge in [0.15, 0.2) is 0 Å². The highest BCUT2D eigenvalue weighted by Gasteiger charge is 2.10. The van der Waals surface area contributed by atoms with Gasteiger partial charge in [0.25, 0.3) is 0 Å². The van der Waals surface area contributed by atoms with Gasteiger partial charge < -0.3 is 10.6 Å². The zero-order valence-electron chi connectivity index (χ0n) is 8.64. The number of halogens is 1. The number of hydrogen-bond acceptors (Lipinski definition) is 3. The van der Waals surface area contributed by atoms with Crippen molar-refractivity contribution in [2.24, 2.45) is 0 Å². The van der Waals surface area contributed by atoms with Gasteiger partial charge in [-0.3, -0.25) is 0 Å². The van der Waals surface area contributed by atoms with Gasteiger partial charge in [-0.05, 0) is 61.5 Å². The summed E-state index contributed by atoms with van der Waals surface area (Å²) in [5.74, 6) is 0. The summed E-state index contributed by atoms with van der Waals surface area (Å²) < 4.78 is 1.21. The SMILES string of the molecule is CNCCCC(NC)c1ccc(Br)s1. The van der Waals surface area contributed by atoms with Gasteiger partial charge in [0.2, 0.25) is 0 Å². The van der Waals surface area contributed by atoms with Crippen LogP contribution >= 0.6 is 27.3 Å². The summed E-state index contributed by atoms with van der Waals surface area (Å²) in [4.78, 5) is 1.41. The second-order valence-electron chi connectivity index (χ2n) is 3.23. The van der Waals surface area contributed by atoms with Gasteiger partial charge in [-0.15, -0.1) is 11.3 Å². The monoisotopic (exact) mass is 276 g/mol. The fourth-order valence-electron chi connectivity index (χ4n) is 1.43. The van der Waals surface area contributed by atoms with Gasteiger partial charge in [-0.1, -0.05) is 0 Å². The minimum Gasteiger partial charge on any atom is -0.320 e. The van der Waals surface area contributed by atoms with Crippen molar-refractivity contribution in [1.29, 1.82) is 0 Å². The van der Waals surface area contributed by atoms with E-state index in [2.05, 4.69) is 38.7 Å². The summed E-state index contributed by atoms with van der Waals surface area (Å²) in [6, 6.07) is 4.80. The van der Waals surface area contributed by atoms with E-state index in [9.17, 15) is 0 Å².